The van der Waals surface area contributed by atoms with Gasteiger partial charge >= 0.3 is 0 Å². The highest BCUT2D eigenvalue weighted by atomic mass is 28.3. The first-order valence-corrected chi connectivity index (χ1v) is 9.24. The molecule has 0 spiro atoms. The van der Waals surface area contributed by atoms with E-state index in [2.05, 4.69) is 26.6 Å². The molecule has 0 aliphatic carbocycles. The van der Waals surface area contributed by atoms with Gasteiger partial charge in [0.15, 0.2) is 0 Å². The van der Waals surface area contributed by atoms with Gasteiger partial charge in [0.1, 0.15) is 0 Å². The lowest BCUT2D eigenvalue weighted by molar-refractivity contribution is 0.228. The van der Waals surface area contributed by atoms with Crippen LogP contribution in [0.25, 0.3) is 0 Å². The molecule has 0 saturated carbocycles. The van der Waals surface area contributed by atoms with E-state index in [1.807, 2.05) is 0 Å². The van der Waals surface area contributed by atoms with E-state index in [9.17, 15) is 5.11 Å². The molecule has 1 nitrogen and oxygen atoms in total. The van der Waals surface area contributed by atoms with Gasteiger partial charge in [-0.1, -0.05) is 58.7 Å². The lowest BCUT2D eigenvalue weighted by atomic mass is 10.1. The highest BCUT2D eigenvalue weighted by molar-refractivity contribution is 6.77. The number of aliphatic hydroxyl groups excluding tert-OH is 1. The van der Waals surface area contributed by atoms with Crippen molar-refractivity contribution in [3.63, 3.8) is 0 Å². The van der Waals surface area contributed by atoms with Crippen LogP contribution in [0.4, 0.5) is 0 Å². The van der Waals surface area contributed by atoms with Crippen molar-refractivity contribution in [2.24, 2.45) is 0 Å². The van der Waals surface area contributed by atoms with Crippen molar-refractivity contribution in [3.8, 4) is 0 Å². The second-order valence-corrected chi connectivity index (χ2v) is 10.5. The third-order valence-corrected chi connectivity index (χ3v) is 4.87. The van der Waals surface area contributed by atoms with Crippen LogP contribution in [0.15, 0.2) is 0 Å². The average molecular weight is 202 g/mol. The Morgan fingerprint density at radius 1 is 1.00 bits per heavy atom. The molecule has 0 aromatic carbocycles. The maximum absolute atomic E-state index is 9.80. The van der Waals surface area contributed by atoms with Crippen LogP contribution in [-0.2, 0) is 0 Å². The SMILES string of the molecule is CCCCCCC[C@@H](O)[Si](C)(C)C. The minimum absolute atomic E-state index is 0.00845. The van der Waals surface area contributed by atoms with Gasteiger partial charge in [0.05, 0.1) is 8.07 Å². The van der Waals surface area contributed by atoms with Crippen molar-refractivity contribution < 1.29 is 5.11 Å². The van der Waals surface area contributed by atoms with E-state index in [4.69, 9.17) is 0 Å². The predicted molar refractivity (Wildman–Crippen MR) is 62.7 cm³/mol. The molecule has 0 radical (unpaired) electrons. The fraction of sp³-hybridized carbons (Fsp3) is 1.00. The second-order valence-electron chi connectivity index (χ2n) is 5.08. The largest absolute Gasteiger partial charge is 0.397 e. The number of rotatable bonds is 7. The molecule has 0 amide bonds. The van der Waals surface area contributed by atoms with Gasteiger partial charge in [0.25, 0.3) is 0 Å². The van der Waals surface area contributed by atoms with Crippen molar-refractivity contribution >= 4 is 8.07 Å². The van der Waals surface area contributed by atoms with Gasteiger partial charge in [0, 0.05) is 5.73 Å². The predicted octanol–water partition coefficient (Wildman–Crippen LogP) is 3.59. The first-order chi connectivity index (χ1) is 5.98. The minimum Gasteiger partial charge on any atom is -0.397 e. The van der Waals surface area contributed by atoms with Gasteiger partial charge in [-0.2, -0.15) is 0 Å². The van der Waals surface area contributed by atoms with Crippen molar-refractivity contribution in [2.45, 2.75) is 70.8 Å². The number of unbranched alkanes of at least 4 members (excludes halogenated alkanes) is 4. The fourth-order valence-corrected chi connectivity index (χ4v) is 2.44. The molecule has 0 aliphatic heterocycles. The third-order valence-electron chi connectivity index (χ3n) is 2.58. The molecule has 1 atom stereocenters. The molecule has 1 N–H and O–H groups in total. The summed E-state index contributed by atoms with van der Waals surface area (Å²) in [5.74, 6) is 0. The zero-order chi connectivity index (χ0) is 10.3. The van der Waals surface area contributed by atoms with E-state index in [0.29, 0.717) is 0 Å². The summed E-state index contributed by atoms with van der Waals surface area (Å²) in [6.45, 7) is 8.95. The molecule has 0 rings (SSSR count). The minimum atomic E-state index is -1.27. The van der Waals surface area contributed by atoms with Crippen molar-refractivity contribution in [2.75, 3.05) is 0 Å². The summed E-state index contributed by atoms with van der Waals surface area (Å²) in [5, 5.41) is 9.80. The molecule has 0 heterocycles. The first-order valence-electron chi connectivity index (χ1n) is 5.66. The van der Waals surface area contributed by atoms with Gasteiger partial charge < -0.3 is 5.11 Å². The van der Waals surface area contributed by atoms with Crippen LogP contribution in [0, 0.1) is 0 Å². The van der Waals surface area contributed by atoms with Gasteiger partial charge in [-0.15, -0.1) is 0 Å². The van der Waals surface area contributed by atoms with Crippen LogP contribution in [0.1, 0.15) is 45.4 Å². The monoisotopic (exact) mass is 202 g/mol. The molecule has 0 aromatic heterocycles. The Kier molecular flexibility index (Phi) is 6.69. The zero-order valence-electron chi connectivity index (χ0n) is 9.77. The number of hydrogen-bond donors (Lipinski definition) is 1. The van der Waals surface area contributed by atoms with Gasteiger partial charge in [-0.25, -0.2) is 0 Å². The van der Waals surface area contributed by atoms with E-state index in [0.717, 1.165) is 6.42 Å². The van der Waals surface area contributed by atoms with Crippen molar-refractivity contribution in [1.29, 1.82) is 0 Å². The van der Waals surface area contributed by atoms with Crippen LogP contribution in [0.2, 0.25) is 19.6 Å². The highest BCUT2D eigenvalue weighted by Crippen LogP contribution is 2.15. The van der Waals surface area contributed by atoms with Crippen LogP contribution >= 0.6 is 0 Å². The van der Waals surface area contributed by atoms with Crippen LogP contribution in [-0.4, -0.2) is 18.9 Å². The van der Waals surface area contributed by atoms with Gasteiger partial charge in [-0.3, -0.25) is 0 Å². The Bertz CT molecular complexity index is 118. The van der Waals surface area contributed by atoms with E-state index in [-0.39, 0.29) is 5.73 Å². The lowest BCUT2D eigenvalue weighted by Gasteiger charge is -2.23. The summed E-state index contributed by atoms with van der Waals surface area (Å²) in [5.41, 5.74) is 0.00845. The molecule has 0 unspecified atom stereocenters. The van der Waals surface area contributed by atoms with E-state index in [1.54, 1.807) is 0 Å². The molecule has 2 heteroatoms. The topological polar surface area (TPSA) is 20.2 Å². The Balaban J connectivity index is 3.32. The molecule has 0 saturated heterocycles. The normalized spacial score (nSPS) is 14.5. The summed E-state index contributed by atoms with van der Waals surface area (Å²) in [7, 11) is -1.27. The first kappa shape index (κ1) is 13.2. The molecule has 13 heavy (non-hydrogen) atoms. The zero-order valence-corrected chi connectivity index (χ0v) is 10.8. The smallest absolute Gasteiger partial charge is 0.0781 e. The summed E-state index contributed by atoms with van der Waals surface area (Å²) >= 11 is 0. The molecule has 80 valence electrons. The Morgan fingerprint density at radius 3 is 2.00 bits per heavy atom. The fourth-order valence-electron chi connectivity index (χ4n) is 1.37. The maximum atomic E-state index is 9.80. The third kappa shape index (κ3) is 7.26. The van der Waals surface area contributed by atoms with Gasteiger partial charge in [0.2, 0.25) is 0 Å². The van der Waals surface area contributed by atoms with Crippen LogP contribution in [0.5, 0.6) is 0 Å². The van der Waals surface area contributed by atoms with E-state index in [1.165, 1.54) is 32.1 Å². The Morgan fingerprint density at radius 2 is 1.54 bits per heavy atom. The molecule has 0 aromatic rings. The summed E-state index contributed by atoms with van der Waals surface area (Å²) in [6, 6.07) is 0. The maximum Gasteiger partial charge on any atom is 0.0781 e. The quantitative estimate of drug-likeness (QED) is 0.494. The molecule has 0 aliphatic rings. The van der Waals surface area contributed by atoms with E-state index >= 15 is 0 Å². The molecular weight excluding hydrogens is 176 g/mol. The summed E-state index contributed by atoms with van der Waals surface area (Å²) < 4.78 is 0. The van der Waals surface area contributed by atoms with Gasteiger partial charge in [-0.05, 0) is 6.42 Å². The molecule has 0 bridgehead atoms. The standard InChI is InChI=1S/C11H26OSi/c1-5-6-7-8-9-10-11(12)13(2,3)4/h11-12H,5-10H2,1-4H3/t11-/m0/s1. The average Bonchev–Trinajstić information content (AvgIpc) is 2.02. The second kappa shape index (κ2) is 6.60. The highest BCUT2D eigenvalue weighted by Gasteiger charge is 2.23. The van der Waals surface area contributed by atoms with Crippen LogP contribution < -0.4 is 0 Å². The van der Waals surface area contributed by atoms with Crippen LogP contribution in [0.3, 0.4) is 0 Å². The summed E-state index contributed by atoms with van der Waals surface area (Å²) in [6.07, 6.45) is 7.54. The molecular formula is C11H26OSi. The number of hydrogen-bond acceptors (Lipinski definition) is 1. The molecule has 0 fully saturated rings. The Hall–Kier alpha value is 0.177. The van der Waals surface area contributed by atoms with Crippen molar-refractivity contribution in [1.82, 2.24) is 0 Å². The van der Waals surface area contributed by atoms with Crippen molar-refractivity contribution in [3.05, 3.63) is 0 Å². The summed E-state index contributed by atoms with van der Waals surface area (Å²) in [4.78, 5) is 0. The van der Waals surface area contributed by atoms with E-state index < -0.39 is 8.07 Å². The number of aliphatic hydroxyl groups is 1. The lowest BCUT2D eigenvalue weighted by Crippen LogP contribution is -2.37. The Labute approximate surface area is 84.6 Å².